The fourth-order valence-corrected chi connectivity index (χ4v) is 4.98. The molecule has 0 radical (unpaired) electrons. The quantitative estimate of drug-likeness (QED) is 0.414. The predicted molar refractivity (Wildman–Crippen MR) is 132 cm³/mol. The van der Waals surface area contributed by atoms with Gasteiger partial charge >= 0.3 is 0 Å². The first-order valence-corrected chi connectivity index (χ1v) is 12.5. The molecule has 3 nitrogen and oxygen atoms in total. The third kappa shape index (κ3) is 5.77. The highest BCUT2D eigenvalue weighted by Gasteiger charge is 2.24. The van der Waals surface area contributed by atoms with Crippen LogP contribution < -0.4 is 0 Å². The SMILES string of the molecule is CCCCCc1c(C(C)C)nc(C(C)C)c(CO)c1-c1cccc(CN2CCC(F)C2)c1. The molecule has 0 amide bonds. The number of unbranched alkanes of at least 4 members (excludes halogenated alkanes) is 2. The van der Waals surface area contributed by atoms with E-state index in [0.29, 0.717) is 18.9 Å². The monoisotopic (exact) mass is 440 g/mol. The highest BCUT2D eigenvalue weighted by atomic mass is 19.1. The molecule has 2 aromatic rings. The number of halogens is 1. The van der Waals surface area contributed by atoms with Crippen LogP contribution >= 0.6 is 0 Å². The van der Waals surface area contributed by atoms with E-state index in [2.05, 4.69) is 63.8 Å². The second-order valence-electron chi connectivity index (χ2n) is 9.96. The Kier molecular flexibility index (Phi) is 8.84. The van der Waals surface area contributed by atoms with Gasteiger partial charge < -0.3 is 5.11 Å². The van der Waals surface area contributed by atoms with Crippen molar-refractivity contribution in [2.45, 2.75) is 97.9 Å². The number of hydrogen-bond acceptors (Lipinski definition) is 3. The molecule has 0 saturated carbocycles. The van der Waals surface area contributed by atoms with Gasteiger partial charge in [0, 0.05) is 36.6 Å². The van der Waals surface area contributed by atoms with Crippen molar-refractivity contribution >= 4 is 0 Å². The van der Waals surface area contributed by atoms with E-state index < -0.39 is 6.17 Å². The molecule has 1 atom stereocenters. The van der Waals surface area contributed by atoms with E-state index in [-0.39, 0.29) is 12.5 Å². The summed E-state index contributed by atoms with van der Waals surface area (Å²) in [5, 5.41) is 10.5. The standard InChI is InChI=1S/C28H41FN2O/c1-6-7-8-12-24-26(25(18-32)28(20(4)5)30-27(24)19(2)3)22-11-9-10-21(15-22)16-31-14-13-23(29)17-31/h9-11,15,19-20,23,32H,6-8,12-14,16-18H2,1-5H3. The van der Waals surface area contributed by atoms with Crippen LogP contribution in [0.4, 0.5) is 4.39 Å². The summed E-state index contributed by atoms with van der Waals surface area (Å²) >= 11 is 0. The summed E-state index contributed by atoms with van der Waals surface area (Å²) in [5.41, 5.74) is 7.98. The molecule has 4 heteroatoms. The largest absolute Gasteiger partial charge is 0.392 e. The van der Waals surface area contributed by atoms with Gasteiger partial charge in [0.05, 0.1) is 6.61 Å². The summed E-state index contributed by atoms with van der Waals surface area (Å²) in [4.78, 5) is 7.31. The molecular weight excluding hydrogens is 399 g/mol. The molecule has 0 bridgehead atoms. The molecule has 2 heterocycles. The topological polar surface area (TPSA) is 36.4 Å². The minimum atomic E-state index is -0.702. The Morgan fingerprint density at radius 3 is 2.41 bits per heavy atom. The number of nitrogens with zero attached hydrogens (tertiary/aromatic N) is 2. The van der Waals surface area contributed by atoms with Gasteiger partial charge in [-0.3, -0.25) is 9.88 Å². The van der Waals surface area contributed by atoms with Crippen molar-refractivity contribution in [3.05, 3.63) is 52.3 Å². The van der Waals surface area contributed by atoms with Crippen LogP contribution in [0.15, 0.2) is 24.3 Å². The van der Waals surface area contributed by atoms with E-state index >= 15 is 0 Å². The van der Waals surface area contributed by atoms with Crippen LogP contribution in [0.25, 0.3) is 11.1 Å². The maximum atomic E-state index is 13.7. The molecule has 1 aliphatic heterocycles. The molecule has 1 saturated heterocycles. The minimum absolute atomic E-state index is 0.00508. The molecule has 0 aliphatic carbocycles. The fourth-order valence-electron chi connectivity index (χ4n) is 4.98. The van der Waals surface area contributed by atoms with Gasteiger partial charge in [0.25, 0.3) is 0 Å². The van der Waals surface area contributed by atoms with E-state index in [1.54, 1.807) is 0 Å². The zero-order chi connectivity index (χ0) is 23.3. The molecule has 1 fully saturated rings. The van der Waals surface area contributed by atoms with Gasteiger partial charge in [0.1, 0.15) is 6.17 Å². The number of pyridine rings is 1. The Labute approximate surface area is 194 Å². The lowest BCUT2D eigenvalue weighted by molar-refractivity contribution is 0.279. The number of hydrogen-bond donors (Lipinski definition) is 1. The summed E-state index contributed by atoms with van der Waals surface area (Å²) in [6.07, 6.45) is 4.41. The molecule has 1 aromatic carbocycles. The molecule has 1 unspecified atom stereocenters. The normalized spacial score (nSPS) is 17.1. The zero-order valence-corrected chi connectivity index (χ0v) is 20.6. The first-order chi connectivity index (χ1) is 15.3. The van der Waals surface area contributed by atoms with Gasteiger partial charge in [-0.15, -0.1) is 0 Å². The first-order valence-electron chi connectivity index (χ1n) is 12.5. The predicted octanol–water partition coefficient (Wildman–Crippen LogP) is 6.76. The van der Waals surface area contributed by atoms with Gasteiger partial charge in [-0.2, -0.15) is 0 Å². The van der Waals surface area contributed by atoms with Crippen LogP contribution in [0.3, 0.4) is 0 Å². The second kappa shape index (κ2) is 11.4. The maximum absolute atomic E-state index is 13.7. The van der Waals surface area contributed by atoms with Crippen LogP contribution in [0, 0.1) is 0 Å². The summed E-state index contributed by atoms with van der Waals surface area (Å²) < 4.78 is 13.7. The molecule has 176 valence electrons. The van der Waals surface area contributed by atoms with Crippen LogP contribution in [-0.4, -0.2) is 34.3 Å². The van der Waals surface area contributed by atoms with Gasteiger partial charge in [0.2, 0.25) is 0 Å². The number of aliphatic hydroxyl groups is 1. The summed E-state index contributed by atoms with van der Waals surface area (Å²) in [6, 6.07) is 8.66. The minimum Gasteiger partial charge on any atom is -0.392 e. The van der Waals surface area contributed by atoms with Crippen LogP contribution in [-0.2, 0) is 19.6 Å². The third-order valence-electron chi connectivity index (χ3n) is 6.58. The Morgan fingerprint density at radius 2 is 1.81 bits per heavy atom. The van der Waals surface area contributed by atoms with E-state index in [4.69, 9.17) is 4.98 Å². The van der Waals surface area contributed by atoms with E-state index in [0.717, 1.165) is 42.8 Å². The van der Waals surface area contributed by atoms with E-state index in [1.807, 2.05) is 0 Å². The van der Waals surface area contributed by atoms with Crippen LogP contribution in [0.1, 0.15) is 100 Å². The summed E-state index contributed by atoms with van der Waals surface area (Å²) in [6.45, 7) is 13.1. The number of aromatic nitrogens is 1. The Bertz CT molecular complexity index is 893. The van der Waals surface area contributed by atoms with E-state index in [1.165, 1.54) is 35.2 Å². The lowest BCUT2D eigenvalue weighted by Crippen LogP contribution is -2.20. The number of alkyl halides is 1. The molecule has 1 aromatic heterocycles. The summed E-state index contributed by atoms with van der Waals surface area (Å²) in [5.74, 6) is 0.567. The number of likely N-dealkylation sites (tertiary alicyclic amines) is 1. The molecule has 3 rings (SSSR count). The van der Waals surface area contributed by atoms with Gasteiger partial charge in [-0.25, -0.2) is 4.39 Å². The molecule has 0 spiro atoms. The Hall–Kier alpha value is -1.78. The lowest BCUT2D eigenvalue weighted by atomic mass is 9.85. The van der Waals surface area contributed by atoms with Crippen molar-refractivity contribution in [1.82, 2.24) is 9.88 Å². The van der Waals surface area contributed by atoms with Crippen molar-refractivity contribution in [2.24, 2.45) is 0 Å². The van der Waals surface area contributed by atoms with Crippen molar-refractivity contribution in [3.8, 4) is 11.1 Å². The maximum Gasteiger partial charge on any atom is 0.114 e. The highest BCUT2D eigenvalue weighted by molar-refractivity contribution is 5.73. The zero-order valence-electron chi connectivity index (χ0n) is 20.6. The lowest BCUT2D eigenvalue weighted by Gasteiger charge is -2.25. The van der Waals surface area contributed by atoms with Crippen LogP contribution in [0.5, 0.6) is 0 Å². The van der Waals surface area contributed by atoms with E-state index in [9.17, 15) is 9.50 Å². The average molecular weight is 441 g/mol. The second-order valence-corrected chi connectivity index (χ2v) is 9.96. The summed E-state index contributed by atoms with van der Waals surface area (Å²) in [7, 11) is 0. The fraction of sp³-hybridized carbons (Fsp3) is 0.607. The molecule has 1 aliphatic rings. The van der Waals surface area contributed by atoms with Crippen molar-refractivity contribution in [3.63, 3.8) is 0 Å². The molecular formula is C28H41FN2O. The average Bonchev–Trinajstić information content (AvgIpc) is 3.17. The molecule has 32 heavy (non-hydrogen) atoms. The van der Waals surface area contributed by atoms with Gasteiger partial charge in [-0.1, -0.05) is 65.7 Å². The Balaban J connectivity index is 2.12. The number of aliphatic hydroxyl groups excluding tert-OH is 1. The smallest absolute Gasteiger partial charge is 0.114 e. The highest BCUT2D eigenvalue weighted by Crippen LogP contribution is 2.38. The number of benzene rings is 1. The van der Waals surface area contributed by atoms with Gasteiger partial charge in [0.15, 0.2) is 0 Å². The van der Waals surface area contributed by atoms with Crippen molar-refractivity contribution in [1.29, 1.82) is 0 Å². The molecule has 1 N–H and O–H groups in total. The van der Waals surface area contributed by atoms with Crippen molar-refractivity contribution in [2.75, 3.05) is 13.1 Å². The van der Waals surface area contributed by atoms with Crippen molar-refractivity contribution < 1.29 is 9.50 Å². The third-order valence-corrected chi connectivity index (χ3v) is 6.58. The van der Waals surface area contributed by atoms with Crippen LogP contribution in [0.2, 0.25) is 0 Å². The number of rotatable bonds is 10. The Morgan fingerprint density at radius 1 is 1.09 bits per heavy atom. The van der Waals surface area contributed by atoms with Gasteiger partial charge in [-0.05, 0) is 59.4 Å². The first kappa shape index (κ1) is 24.9.